The highest BCUT2D eigenvalue weighted by atomic mass is 16.2. The topological polar surface area (TPSA) is 84.2 Å². The van der Waals surface area contributed by atoms with E-state index in [9.17, 15) is 9.59 Å². The lowest BCUT2D eigenvalue weighted by Crippen LogP contribution is -2.36. The number of carbonyl (C=O) groups is 2. The van der Waals surface area contributed by atoms with Gasteiger partial charge < -0.3 is 16.4 Å². The number of hydrogen-bond donors (Lipinski definition) is 3. The quantitative estimate of drug-likeness (QED) is 0.503. The van der Waals surface area contributed by atoms with Crippen molar-refractivity contribution in [2.45, 2.75) is 31.7 Å². The number of rotatable bonds is 5. The fraction of sp³-hybridized carbons (Fsp3) is 0.778. The Morgan fingerprint density at radius 1 is 1.57 bits per heavy atom. The molecule has 1 heterocycles. The van der Waals surface area contributed by atoms with Crippen LogP contribution in [-0.2, 0) is 9.59 Å². The predicted octanol–water partition coefficient (Wildman–Crippen LogP) is -0.880. The van der Waals surface area contributed by atoms with E-state index in [-0.39, 0.29) is 17.9 Å². The van der Waals surface area contributed by atoms with E-state index in [0.717, 1.165) is 12.8 Å². The van der Waals surface area contributed by atoms with Gasteiger partial charge in [0.2, 0.25) is 11.8 Å². The number of amides is 2. The van der Waals surface area contributed by atoms with Crippen molar-refractivity contribution < 1.29 is 9.59 Å². The lowest BCUT2D eigenvalue weighted by atomic mass is 10.2. The minimum atomic E-state index is -0.0205. The summed E-state index contributed by atoms with van der Waals surface area (Å²) in [4.78, 5) is 22.1. The SMILES string of the molecule is NCCCCC(=O)NC1CNC(=O)C1. The first-order valence-electron chi connectivity index (χ1n) is 4.98. The van der Waals surface area contributed by atoms with E-state index >= 15 is 0 Å². The van der Waals surface area contributed by atoms with Crippen molar-refractivity contribution in [3.63, 3.8) is 0 Å². The second kappa shape index (κ2) is 5.59. The second-order valence-corrected chi connectivity index (χ2v) is 3.52. The maximum atomic E-state index is 11.3. The Hall–Kier alpha value is -1.10. The zero-order chi connectivity index (χ0) is 10.4. The maximum absolute atomic E-state index is 11.3. The van der Waals surface area contributed by atoms with Gasteiger partial charge >= 0.3 is 0 Å². The largest absolute Gasteiger partial charge is 0.354 e. The van der Waals surface area contributed by atoms with Gasteiger partial charge in [-0.3, -0.25) is 9.59 Å². The van der Waals surface area contributed by atoms with Gasteiger partial charge in [0.1, 0.15) is 0 Å². The van der Waals surface area contributed by atoms with Crippen LogP contribution in [0.15, 0.2) is 0 Å². The van der Waals surface area contributed by atoms with E-state index in [1.54, 1.807) is 0 Å². The van der Waals surface area contributed by atoms with Crippen LogP contribution in [-0.4, -0.2) is 30.9 Å². The van der Waals surface area contributed by atoms with E-state index in [2.05, 4.69) is 10.6 Å². The Morgan fingerprint density at radius 3 is 2.93 bits per heavy atom. The van der Waals surface area contributed by atoms with Crippen LogP contribution < -0.4 is 16.4 Å². The molecule has 5 heteroatoms. The molecule has 0 aromatic heterocycles. The summed E-state index contributed by atoms with van der Waals surface area (Å²) in [5.74, 6) is 0.0252. The van der Waals surface area contributed by atoms with Crippen molar-refractivity contribution in [1.29, 1.82) is 0 Å². The molecule has 1 saturated heterocycles. The first kappa shape index (κ1) is 11.0. The standard InChI is InChI=1S/C9H17N3O2/c10-4-2-1-3-8(13)12-7-5-9(14)11-6-7/h7H,1-6,10H2,(H,11,14)(H,12,13). The Morgan fingerprint density at radius 2 is 2.36 bits per heavy atom. The van der Waals surface area contributed by atoms with Crippen molar-refractivity contribution in [3.8, 4) is 0 Å². The van der Waals surface area contributed by atoms with Crippen LogP contribution in [0, 0.1) is 0 Å². The van der Waals surface area contributed by atoms with E-state index in [0.29, 0.717) is 25.9 Å². The molecule has 0 aliphatic carbocycles. The van der Waals surface area contributed by atoms with Gasteiger partial charge in [-0.15, -0.1) is 0 Å². The number of nitrogens with two attached hydrogens (primary N) is 1. The predicted molar refractivity (Wildman–Crippen MR) is 52.5 cm³/mol. The van der Waals surface area contributed by atoms with Gasteiger partial charge in [0, 0.05) is 19.4 Å². The number of carbonyl (C=O) groups excluding carboxylic acids is 2. The van der Waals surface area contributed by atoms with Crippen LogP contribution in [0.3, 0.4) is 0 Å². The molecular weight excluding hydrogens is 182 g/mol. The molecule has 14 heavy (non-hydrogen) atoms. The van der Waals surface area contributed by atoms with Crippen LogP contribution in [0.5, 0.6) is 0 Å². The summed E-state index contributed by atoms with van der Waals surface area (Å²) in [6.07, 6.45) is 2.59. The average Bonchev–Trinajstić information content (AvgIpc) is 2.52. The van der Waals surface area contributed by atoms with Crippen molar-refractivity contribution in [3.05, 3.63) is 0 Å². The molecule has 1 aliphatic rings. The molecule has 1 atom stereocenters. The molecule has 0 aromatic carbocycles. The van der Waals surface area contributed by atoms with E-state index < -0.39 is 0 Å². The van der Waals surface area contributed by atoms with Crippen molar-refractivity contribution >= 4 is 11.8 Å². The molecule has 2 amide bonds. The fourth-order valence-corrected chi connectivity index (χ4v) is 1.44. The monoisotopic (exact) mass is 199 g/mol. The first-order chi connectivity index (χ1) is 6.72. The summed E-state index contributed by atoms with van der Waals surface area (Å²) >= 11 is 0. The Bertz CT molecular complexity index is 218. The summed E-state index contributed by atoms with van der Waals surface area (Å²) in [5, 5.41) is 5.47. The molecule has 1 fully saturated rings. The summed E-state index contributed by atoms with van der Waals surface area (Å²) in [6, 6.07) is -0.0205. The molecule has 1 rings (SSSR count). The van der Waals surface area contributed by atoms with Gasteiger partial charge in [0.25, 0.3) is 0 Å². The molecule has 0 radical (unpaired) electrons. The summed E-state index contributed by atoms with van der Waals surface area (Å²) in [5.41, 5.74) is 5.31. The van der Waals surface area contributed by atoms with E-state index in [1.807, 2.05) is 0 Å². The molecule has 0 aromatic rings. The number of unbranched alkanes of at least 4 members (excludes halogenated alkanes) is 1. The molecule has 1 unspecified atom stereocenters. The molecular formula is C9H17N3O2. The third-order valence-electron chi connectivity index (χ3n) is 2.20. The summed E-state index contributed by atoms with van der Waals surface area (Å²) < 4.78 is 0. The van der Waals surface area contributed by atoms with Crippen LogP contribution in [0.2, 0.25) is 0 Å². The molecule has 80 valence electrons. The first-order valence-corrected chi connectivity index (χ1v) is 4.98. The second-order valence-electron chi connectivity index (χ2n) is 3.52. The lowest BCUT2D eigenvalue weighted by Gasteiger charge is -2.09. The molecule has 0 spiro atoms. The molecule has 5 nitrogen and oxygen atoms in total. The van der Waals surface area contributed by atoms with Gasteiger partial charge in [0.15, 0.2) is 0 Å². The highest BCUT2D eigenvalue weighted by Gasteiger charge is 2.22. The van der Waals surface area contributed by atoms with Gasteiger partial charge in [0.05, 0.1) is 6.04 Å². The van der Waals surface area contributed by atoms with Gasteiger partial charge in [-0.25, -0.2) is 0 Å². The number of hydrogen-bond acceptors (Lipinski definition) is 3. The number of nitrogens with one attached hydrogen (secondary N) is 2. The zero-order valence-electron chi connectivity index (χ0n) is 8.21. The Labute approximate surface area is 83.4 Å². The van der Waals surface area contributed by atoms with Crippen molar-refractivity contribution in [1.82, 2.24) is 10.6 Å². The van der Waals surface area contributed by atoms with E-state index in [1.165, 1.54) is 0 Å². The highest BCUT2D eigenvalue weighted by molar-refractivity contribution is 5.81. The highest BCUT2D eigenvalue weighted by Crippen LogP contribution is 2.00. The van der Waals surface area contributed by atoms with Crippen molar-refractivity contribution in [2.75, 3.05) is 13.1 Å². The van der Waals surface area contributed by atoms with E-state index in [4.69, 9.17) is 5.73 Å². The minimum Gasteiger partial charge on any atom is -0.354 e. The van der Waals surface area contributed by atoms with Crippen LogP contribution in [0.4, 0.5) is 0 Å². The Kier molecular flexibility index (Phi) is 4.39. The zero-order valence-corrected chi connectivity index (χ0v) is 8.21. The maximum Gasteiger partial charge on any atom is 0.222 e. The lowest BCUT2D eigenvalue weighted by molar-refractivity contribution is -0.121. The van der Waals surface area contributed by atoms with Gasteiger partial charge in [-0.05, 0) is 19.4 Å². The third kappa shape index (κ3) is 3.74. The van der Waals surface area contributed by atoms with Crippen LogP contribution >= 0.6 is 0 Å². The Balaban J connectivity index is 2.11. The minimum absolute atomic E-state index is 0.0114. The van der Waals surface area contributed by atoms with Gasteiger partial charge in [-0.2, -0.15) is 0 Å². The average molecular weight is 199 g/mol. The fourth-order valence-electron chi connectivity index (χ4n) is 1.44. The smallest absolute Gasteiger partial charge is 0.222 e. The molecule has 1 aliphatic heterocycles. The third-order valence-corrected chi connectivity index (χ3v) is 2.20. The molecule has 0 saturated carbocycles. The molecule has 4 N–H and O–H groups in total. The van der Waals surface area contributed by atoms with Gasteiger partial charge in [-0.1, -0.05) is 0 Å². The summed E-state index contributed by atoms with van der Waals surface area (Å²) in [6.45, 7) is 1.18. The van der Waals surface area contributed by atoms with Crippen LogP contribution in [0.1, 0.15) is 25.7 Å². The summed E-state index contributed by atoms with van der Waals surface area (Å²) in [7, 11) is 0. The van der Waals surface area contributed by atoms with Crippen LogP contribution in [0.25, 0.3) is 0 Å². The molecule has 0 bridgehead atoms. The van der Waals surface area contributed by atoms with Crippen molar-refractivity contribution in [2.24, 2.45) is 5.73 Å². The normalized spacial score (nSPS) is 20.6.